The Labute approximate surface area is 113 Å². The summed E-state index contributed by atoms with van der Waals surface area (Å²) in [6, 6.07) is 11.7. The van der Waals surface area contributed by atoms with E-state index < -0.39 is 11.7 Å². The third kappa shape index (κ3) is 3.41. The highest BCUT2D eigenvalue weighted by Crippen LogP contribution is 2.33. The molecule has 19 heavy (non-hydrogen) atoms. The maximum Gasteiger partial charge on any atom is 0.416 e. The lowest BCUT2D eigenvalue weighted by Crippen LogP contribution is -2.04. The van der Waals surface area contributed by atoms with Crippen LogP contribution in [0.1, 0.15) is 11.1 Å². The molecule has 2 aromatic carbocycles. The Morgan fingerprint density at radius 1 is 1.00 bits per heavy atom. The molecule has 2 rings (SSSR count). The van der Waals surface area contributed by atoms with Gasteiger partial charge in [0.05, 0.1) is 11.4 Å². The van der Waals surface area contributed by atoms with Crippen molar-refractivity contribution < 1.29 is 17.9 Å². The van der Waals surface area contributed by atoms with Gasteiger partial charge in [-0.2, -0.15) is 13.2 Å². The molecule has 5 heteroatoms. The highest BCUT2D eigenvalue weighted by atomic mass is 35.5. The van der Waals surface area contributed by atoms with Gasteiger partial charge in [0.1, 0.15) is 11.5 Å². The van der Waals surface area contributed by atoms with Crippen LogP contribution < -0.4 is 4.74 Å². The molecule has 0 fully saturated rings. The highest BCUT2D eigenvalue weighted by molar-refractivity contribution is 6.17. The third-order valence-corrected chi connectivity index (χ3v) is 2.79. The van der Waals surface area contributed by atoms with E-state index in [1.807, 2.05) is 0 Å². The van der Waals surface area contributed by atoms with Crippen molar-refractivity contribution in [2.75, 3.05) is 0 Å². The molecule has 0 unspecified atom stereocenters. The van der Waals surface area contributed by atoms with Crippen LogP contribution in [0.4, 0.5) is 13.2 Å². The monoisotopic (exact) mass is 286 g/mol. The molecule has 0 aliphatic carbocycles. The number of alkyl halides is 4. The summed E-state index contributed by atoms with van der Waals surface area (Å²) >= 11 is 5.74. The predicted molar refractivity (Wildman–Crippen MR) is 67.5 cm³/mol. The first kappa shape index (κ1) is 13.7. The summed E-state index contributed by atoms with van der Waals surface area (Å²) in [6.45, 7) is 0. The molecular formula is C14H10ClF3O. The largest absolute Gasteiger partial charge is 0.457 e. The average molecular weight is 287 g/mol. The average Bonchev–Trinajstić information content (AvgIpc) is 2.39. The molecule has 0 bridgehead atoms. The van der Waals surface area contributed by atoms with Crippen LogP contribution in [0.5, 0.6) is 11.5 Å². The van der Waals surface area contributed by atoms with Gasteiger partial charge in [-0.15, -0.1) is 11.6 Å². The van der Waals surface area contributed by atoms with Crippen LogP contribution in [0.15, 0.2) is 48.5 Å². The van der Waals surface area contributed by atoms with Crippen molar-refractivity contribution in [3.63, 3.8) is 0 Å². The smallest absolute Gasteiger partial charge is 0.416 e. The summed E-state index contributed by atoms with van der Waals surface area (Å²) in [5, 5.41) is 0. The van der Waals surface area contributed by atoms with Gasteiger partial charge < -0.3 is 4.74 Å². The number of para-hydroxylation sites is 1. The fourth-order valence-electron chi connectivity index (χ4n) is 1.58. The van der Waals surface area contributed by atoms with Gasteiger partial charge >= 0.3 is 6.18 Å². The maximum absolute atomic E-state index is 12.6. The van der Waals surface area contributed by atoms with Crippen LogP contribution in [-0.4, -0.2) is 0 Å². The van der Waals surface area contributed by atoms with Crippen LogP contribution in [0.2, 0.25) is 0 Å². The van der Waals surface area contributed by atoms with Crippen molar-refractivity contribution in [3.8, 4) is 11.5 Å². The Bertz CT molecular complexity index is 567. The van der Waals surface area contributed by atoms with E-state index in [4.69, 9.17) is 16.3 Å². The molecule has 2 aromatic rings. The van der Waals surface area contributed by atoms with Crippen molar-refractivity contribution in [2.45, 2.75) is 12.1 Å². The molecule has 0 saturated heterocycles. The minimum atomic E-state index is -4.38. The minimum absolute atomic E-state index is 0.132. The van der Waals surface area contributed by atoms with E-state index in [1.54, 1.807) is 24.3 Å². The maximum atomic E-state index is 12.6. The molecule has 1 nitrogen and oxygen atoms in total. The van der Waals surface area contributed by atoms with Gasteiger partial charge in [0, 0.05) is 5.56 Å². The highest BCUT2D eigenvalue weighted by Gasteiger charge is 2.30. The summed E-state index contributed by atoms with van der Waals surface area (Å²) in [5.41, 5.74) is -0.0186. The summed E-state index contributed by atoms with van der Waals surface area (Å²) < 4.78 is 43.2. The molecule has 0 heterocycles. The SMILES string of the molecule is FC(F)(F)c1cccc(Oc2ccccc2CCl)c1. The number of rotatable bonds is 3. The summed E-state index contributed by atoms with van der Waals surface area (Å²) in [7, 11) is 0. The lowest BCUT2D eigenvalue weighted by molar-refractivity contribution is -0.137. The molecule has 100 valence electrons. The second kappa shape index (κ2) is 5.53. The quantitative estimate of drug-likeness (QED) is 0.701. The lowest BCUT2D eigenvalue weighted by atomic mass is 10.2. The van der Waals surface area contributed by atoms with Crippen molar-refractivity contribution in [3.05, 3.63) is 59.7 Å². The minimum Gasteiger partial charge on any atom is -0.457 e. The number of benzene rings is 2. The normalized spacial score (nSPS) is 11.4. The van der Waals surface area contributed by atoms with Crippen molar-refractivity contribution in [2.24, 2.45) is 0 Å². The van der Waals surface area contributed by atoms with Crippen LogP contribution in [0.25, 0.3) is 0 Å². The predicted octanol–water partition coefficient (Wildman–Crippen LogP) is 5.24. The van der Waals surface area contributed by atoms with Crippen LogP contribution in [0.3, 0.4) is 0 Å². The molecule has 0 aliphatic rings. The topological polar surface area (TPSA) is 9.23 Å². The summed E-state index contributed by atoms with van der Waals surface area (Å²) in [5.74, 6) is 0.819. The van der Waals surface area contributed by atoms with Gasteiger partial charge in [-0.05, 0) is 24.3 Å². The van der Waals surface area contributed by atoms with Crippen LogP contribution in [-0.2, 0) is 12.1 Å². The van der Waals surface area contributed by atoms with Gasteiger partial charge in [-0.3, -0.25) is 0 Å². The van der Waals surface area contributed by atoms with E-state index in [0.717, 1.165) is 17.7 Å². The van der Waals surface area contributed by atoms with E-state index in [-0.39, 0.29) is 11.6 Å². The fraction of sp³-hybridized carbons (Fsp3) is 0.143. The molecule has 0 saturated carbocycles. The molecule has 0 aliphatic heterocycles. The van der Waals surface area contributed by atoms with E-state index in [1.165, 1.54) is 12.1 Å². The van der Waals surface area contributed by atoms with E-state index in [9.17, 15) is 13.2 Å². The molecule has 0 amide bonds. The Hall–Kier alpha value is -1.68. The van der Waals surface area contributed by atoms with Gasteiger partial charge in [0.15, 0.2) is 0 Å². The van der Waals surface area contributed by atoms with E-state index >= 15 is 0 Å². The Balaban J connectivity index is 2.29. The Kier molecular flexibility index (Phi) is 4.00. The number of hydrogen-bond donors (Lipinski definition) is 0. The van der Waals surface area contributed by atoms with Gasteiger partial charge in [-0.1, -0.05) is 24.3 Å². The van der Waals surface area contributed by atoms with E-state index in [0.29, 0.717) is 5.75 Å². The molecular weight excluding hydrogens is 277 g/mol. The van der Waals surface area contributed by atoms with Gasteiger partial charge in [-0.25, -0.2) is 0 Å². The van der Waals surface area contributed by atoms with Crippen LogP contribution in [0, 0.1) is 0 Å². The first-order valence-electron chi connectivity index (χ1n) is 5.49. The molecule has 0 spiro atoms. The zero-order chi connectivity index (χ0) is 13.9. The van der Waals surface area contributed by atoms with Gasteiger partial charge in [0.25, 0.3) is 0 Å². The number of ether oxygens (including phenoxy) is 1. The van der Waals surface area contributed by atoms with Crippen molar-refractivity contribution >= 4 is 11.6 Å². The zero-order valence-corrected chi connectivity index (χ0v) is 10.5. The number of halogens is 4. The standard InChI is InChI=1S/C14H10ClF3O/c15-9-10-4-1-2-7-13(10)19-12-6-3-5-11(8-12)14(16,17)18/h1-8H,9H2. The molecule has 0 aromatic heterocycles. The van der Waals surface area contributed by atoms with Crippen LogP contribution >= 0.6 is 11.6 Å². The summed E-state index contributed by atoms with van der Waals surface area (Å²) in [4.78, 5) is 0. The first-order chi connectivity index (χ1) is 9.00. The Morgan fingerprint density at radius 3 is 2.42 bits per heavy atom. The molecule has 0 atom stereocenters. The molecule has 0 N–H and O–H groups in total. The second-order valence-electron chi connectivity index (χ2n) is 3.87. The fourth-order valence-corrected chi connectivity index (χ4v) is 1.80. The second-order valence-corrected chi connectivity index (χ2v) is 4.14. The lowest BCUT2D eigenvalue weighted by Gasteiger charge is -2.11. The first-order valence-corrected chi connectivity index (χ1v) is 6.03. The van der Waals surface area contributed by atoms with Crippen molar-refractivity contribution in [1.29, 1.82) is 0 Å². The van der Waals surface area contributed by atoms with E-state index in [2.05, 4.69) is 0 Å². The zero-order valence-electron chi connectivity index (χ0n) is 9.75. The number of hydrogen-bond acceptors (Lipinski definition) is 1. The Morgan fingerprint density at radius 2 is 1.74 bits per heavy atom. The van der Waals surface area contributed by atoms with Crippen molar-refractivity contribution in [1.82, 2.24) is 0 Å². The summed E-state index contributed by atoms with van der Waals surface area (Å²) in [6.07, 6.45) is -4.38. The molecule has 0 radical (unpaired) electrons. The third-order valence-electron chi connectivity index (χ3n) is 2.51. The van der Waals surface area contributed by atoms with Gasteiger partial charge in [0.2, 0.25) is 0 Å².